The molecule has 3 nitrogen and oxygen atoms in total. The molecule has 0 aliphatic carbocycles. The molecule has 0 aromatic heterocycles. The van der Waals surface area contributed by atoms with Crippen molar-refractivity contribution in [1.82, 2.24) is 9.96 Å². The normalized spacial score (nSPS) is 18.6. The third kappa shape index (κ3) is 12.9. The summed E-state index contributed by atoms with van der Waals surface area (Å²) < 4.78 is 0. The first-order chi connectivity index (χ1) is 13.3. The van der Waals surface area contributed by atoms with Crippen LogP contribution in [0.3, 0.4) is 0 Å². The first-order valence-corrected chi connectivity index (χ1v) is 12.5. The summed E-state index contributed by atoms with van der Waals surface area (Å²) in [6.45, 7) is 7.50. The van der Waals surface area contributed by atoms with E-state index in [2.05, 4.69) is 18.7 Å². The van der Waals surface area contributed by atoms with Crippen LogP contribution in [0, 0.1) is 0 Å². The smallest absolute Gasteiger partial charge is 0.0866 e. The van der Waals surface area contributed by atoms with Crippen LogP contribution in [-0.2, 0) is 0 Å². The Kier molecular flexibility index (Phi) is 16.6. The Morgan fingerprint density at radius 3 is 1.48 bits per heavy atom. The molecule has 1 aliphatic rings. The van der Waals surface area contributed by atoms with Gasteiger partial charge >= 0.3 is 0 Å². The number of hydrogen-bond acceptors (Lipinski definition) is 3. The van der Waals surface area contributed by atoms with Gasteiger partial charge in [0.05, 0.1) is 6.17 Å². The molecule has 1 fully saturated rings. The Balaban J connectivity index is 1.79. The zero-order chi connectivity index (χ0) is 19.6. The van der Waals surface area contributed by atoms with Crippen LogP contribution in [0.2, 0.25) is 0 Å². The van der Waals surface area contributed by atoms with Crippen LogP contribution >= 0.6 is 0 Å². The molecule has 0 radical (unpaired) electrons. The van der Waals surface area contributed by atoms with Crippen LogP contribution in [-0.4, -0.2) is 41.0 Å². The predicted octanol–water partition coefficient (Wildman–Crippen LogP) is 7.38. The lowest BCUT2D eigenvalue weighted by Crippen LogP contribution is -2.37. The van der Waals surface area contributed by atoms with Gasteiger partial charge in [0, 0.05) is 13.1 Å². The van der Waals surface area contributed by atoms with Crippen molar-refractivity contribution in [1.29, 1.82) is 0 Å². The van der Waals surface area contributed by atoms with E-state index in [0.29, 0.717) is 0 Å². The Bertz CT molecular complexity index is 309. The van der Waals surface area contributed by atoms with Gasteiger partial charge in [-0.25, -0.2) is 0 Å². The molecule has 1 aliphatic heterocycles. The highest BCUT2D eigenvalue weighted by molar-refractivity contribution is 4.76. The average Bonchev–Trinajstić information content (AvgIpc) is 3.01. The molecule has 1 saturated heterocycles. The minimum atomic E-state index is 0.289. The van der Waals surface area contributed by atoms with Crippen LogP contribution < -0.4 is 0 Å². The lowest BCUT2D eigenvalue weighted by Gasteiger charge is -2.26. The number of hydroxylamine groups is 2. The molecule has 0 bridgehead atoms. The van der Waals surface area contributed by atoms with Gasteiger partial charge in [-0.05, 0) is 19.4 Å². The van der Waals surface area contributed by atoms with Gasteiger partial charge in [-0.2, -0.15) is 5.06 Å². The lowest BCUT2D eigenvalue weighted by molar-refractivity contribution is -0.127. The van der Waals surface area contributed by atoms with E-state index < -0.39 is 0 Å². The van der Waals surface area contributed by atoms with Gasteiger partial charge in [0.15, 0.2) is 0 Å². The highest BCUT2D eigenvalue weighted by Gasteiger charge is 2.29. The maximum atomic E-state index is 10.0. The topological polar surface area (TPSA) is 26.7 Å². The molecule has 1 rings (SSSR count). The van der Waals surface area contributed by atoms with Crippen molar-refractivity contribution >= 4 is 0 Å². The Morgan fingerprint density at radius 1 is 0.593 bits per heavy atom. The van der Waals surface area contributed by atoms with Crippen LogP contribution in [0.4, 0.5) is 0 Å². The molecule has 0 aromatic rings. The summed E-state index contributed by atoms with van der Waals surface area (Å²) in [6.07, 6.45) is 25.3. The van der Waals surface area contributed by atoms with Gasteiger partial charge in [-0.15, -0.1) is 0 Å². The van der Waals surface area contributed by atoms with E-state index in [-0.39, 0.29) is 6.17 Å². The van der Waals surface area contributed by atoms with Gasteiger partial charge < -0.3 is 5.21 Å². The molecule has 1 N–H and O–H groups in total. The molecular weight excluding hydrogens is 332 g/mol. The molecular formula is C24H50N2O. The summed E-state index contributed by atoms with van der Waals surface area (Å²) in [5.41, 5.74) is 0. The second-order valence-corrected chi connectivity index (χ2v) is 8.77. The number of unbranched alkanes of at least 4 members (excludes halogenated alkanes) is 15. The standard InChI is InChI=1S/C24H50N2O/c1-3-5-6-7-8-9-10-11-12-13-14-15-16-17-18-19-20-24-25(21-4-2)22-23-26(24)27/h24,27H,3-23H2,1-2H3. The van der Waals surface area contributed by atoms with Gasteiger partial charge in [-0.1, -0.05) is 117 Å². The minimum Gasteiger partial charge on any atom is -0.312 e. The fourth-order valence-corrected chi connectivity index (χ4v) is 4.47. The first kappa shape index (κ1) is 24.9. The number of hydrogen-bond donors (Lipinski definition) is 1. The number of rotatable bonds is 19. The molecule has 0 spiro atoms. The summed E-state index contributed by atoms with van der Waals surface area (Å²) in [6, 6.07) is 0. The fraction of sp³-hybridized carbons (Fsp3) is 1.00. The van der Waals surface area contributed by atoms with Crippen LogP contribution in [0.15, 0.2) is 0 Å². The van der Waals surface area contributed by atoms with Gasteiger partial charge in [-0.3, -0.25) is 4.90 Å². The molecule has 1 heterocycles. The zero-order valence-electron chi connectivity index (χ0n) is 18.8. The van der Waals surface area contributed by atoms with E-state index in [9.17, 15) is 5.21 Å². The van der Waals surface area contributed by atoms with E-state index in [1.165, 1.54) is 109 Å². The van der Waals surface area contributed by atoms with E-state index in [1.807, 2.05) is 0 Å². The van der Waals surface area contributed by atoms with Crippen molar-refractivity contribution in [3.05, 3.63) is 0 Å². The molecule has 162 valence electrons. The van der Waals surface area contributed by atoms with Crippen molar-refractivity contribution in [3.8, 4) is 0 Å². The second kappa shape index (κ2) is 17.9. The average molecular weight is 383 g/mol. The third-order valence-electron chi connectivity index (χ3n) is 6.21. The van der Waals surface area contributed by atoms with Crippen LogP contribution in [0.5, 0.6) is 0 Å². The molecule has 3 heteroatoms. The number of nitrogens with zero attached hydrogens (tertiary/aromatic N) is 2. The summed E-state index contributed by atoms with van der Waals surface area (Å²) in [5, 5.41) is 11.6. The van der Waals surface area contributed by atoms with Crippen molar-refractivity contribution < 1.29 is 5.21 Å². The highest BCUT2D eigenvalue weighted by atomic mass is 16.5. The molecule has 1 atom stereocenters. The summed E-state index contributed by atoms with van der Waals surface area (Å²) in [7, 11) is 0. The highest BCUT2D eigenvalue weighted by Crippen LogP contribution is 2.20. The Morgan fingerprint density at radius 2 is 1.04 bits per heavy atom. The first-order valence-electron chi connectivity index (χ1n) is 12.5. The summed E-state index contributed by atoms with van der Waals surface area (Å²) >= 11 is 0. The molecule has 0 aromatic carbocycles. The lowest BCUT2D eigenvalue weighted by atomic mass is 10.0. The predicted molar refractivity (Wildman–Crippen MR) is 118 cm³/mol. The monoisotopic (exact) mass is 382 g/mol. The molecule has 0 amide bonds. The van der Waals surface area contributed by atoms with Crippen LogP contribution in [0.1, 0.15) is 129 Å². The molecule has 0 saturated carbocycles. The van der Waals surface area contributed by atoms with E-state index in [0.717, 1.165) is 26.1 Å². The second-order valence-electron chi connectivity index (χ2n) is 8.77. The maximum Gasteiger partial charge on any atom is 0.0866 e. The molecule has 1 unspecified atom stereocenters. The fourth-order valence-electron chi connectivity index (χ4n) is 4.47. The summed E-state index contributed by atoms with van der Waals surface area (Å²) in [4.78, 5) is 2.45. The van der Waals surface area contributed by atoms with Gasteiger partial charge in [0.25, 0.3) is 0 Å². The van der Waals surface area contributed by atoms with Gasteiger partial charge in [0.2, 0.25) is 0 Å². The van der Waals surface area contributed by atoms with E-state index >= 15 is 0 Å². The zero-order valence-corrected chi connectivity index (χ0v) is 18.8. The quantitative estimate of drug-likeness (QED) is 0.236. The Hall–Kier alpha value is -0.120. The van der Waals surface area contributed by atoms with Crippen molar-refractivity contribution in [3.63, 3.8) is 0 Å². The van der Waals surface area contributed by atoms with Gasteiger partial charge in [0.1, 0.15) is 0 Å². The SMILES string of the molecule is CCCCCCCCCCCCCCCCCCC1N(O)CCN1CCC. The van der Waals surface area contributed by atoms with E-state index in [4.69, 9.17) is 0 Å². The van der Waals surface area contributed by atoms with E-state index in [1.54, 1.807) is 5.06 Å². The maximum absolute atomic E-state index is 10.0. The van der Waals surface area contributed by atoms with Crippen molar-refractivity contribution in [2.75, 3.05) is 19.6 Å². The van der Waals surface area contributed by atoms with Crippen LogP contribution in [0.25, 0.3) is 0 Å². The van der Waals surface area contributed by atoms with Crippen molar-refractivity contribution in [2.45, 2.75) is 136 Å². The van der Waals surface area contributed by atoms with Crippen molar-refractivity contribution in [2.24, 2.45) is 0 Å². The minimum absolute atomic E-state index is 0.289. The largest absolute Gasteiger partial charge is 0.312 e. The third-order valence-corrected chi connectivity index (χ3v) is 6.21. The molecule has 27 heavy (non-hydrogen) atoms. The Labute approximate surface area is 170 Å². The summed E-state index contributed by atoms with van der Waals surface area (Å²) in [5.74, 6) is 0.